The molecule has 22 heavy (non-hydrogen) atoms. The van der Waals surface area contributed by atoms with Crippen molar-refractivity contribution in [3.8, 4) is 11.1 Å². The zero-order valence-electron chi connectivity index (χ0n) is 11.7. The van der Waals surface area contributed by atoms with Crippen LogP contribution in [0.3, 0.4) is 0 Å². The number of aromatic amines is 1. The molecule has 0 spiro atoms. The summed E-state index contributed by atoms with van der Waals surface area (Å²) in [7, 11) is -4.38. The molecule has 6 heteroatoms. The Morgan fingerprint density at radius 1 is 1.18 bits per heavy atom. The van der Waals surface area contributed by atoms with Gasteiger partial charge in [-0.25, -0.2) is 4.98 Å². The zero-order valence-corrected chi connectivity index (χ0v) is 12.5. The van der Waals surface area contributed by atoms with Crippen LogP contribution in [-0.2, 0) is 16.5 Å². The molecule has 0 atom stereocenters. The van der Waals surface area contributed by atoms with E-state index >= 15 is 0 Å². The fraction of sp³-hybridized carbons (Fsp3) is 0.0625. The number of aromatic nitrogens is 2. The quantitative estimate of drug-likeness (QED) is 0.572. The van der Waals surface area contributed by atoms with Gasteiger partial charge in [0, 0.05) is 5.56 Å². The average Bonchev–Trinajstić information content (AvgIpc) is 2.92. The zero-order chi connectivity index (χ0) is 15.7. The molecule has 0 amide bonds. The molecule has 0 aliphatic rings. The maximum absolute atomic E-state index is 11.3. The number of nitrogens with zero attached hydrogens (tertiary/aromatic N) is 1. The SMILES string of the molecule is C=CCc1ccc2nc(S(=O)(=O)O)[nH]c2c1-c1ccccc1. The lowest BCUT2D eigenvalue weighted by Gasteiger charge is -2.09. The summed E-state index contributed by atoms with van der Waals surface area (Å²) in [6.45, 7) is 3.75. The van der Waals surface area contributed by atoms with Crippen LogP contribution in [0.1, 0.15) is 5.56 Å². The Kier molecular flexibility index (Phi) is 3.56. The topological polar surface area (TPSA) is 83.1 Å². The highest BCUT2D eigenvalue weighted by Gasteiger charge is 2.18. The van der Waals surface area contributed by atoms with E-state index in [0.29, 0.717) is 17.5 Å². The molecule has 0 aliphatic carbocycles. The van der Waals surface area contributed by atoms with Crippen molar-refractivity contribution in [1.29, 1.82) is 0 Å². The molecular weight excluding hydrogens is 300 g/mol. The number of hydrogen-bond donors (Lipinski definition) is 2. The highest BCUT2D eigenvalue weighted by molar-refractivity contribution is 7.85. The number of nitrogens with one attached hydrogen (secondary N) is 1. The van der Waals surface area contributed by atoms with E-state index in [2.05, 4.69) is 16.5 Å². The van der Waals surface area contributed by atoms with E-state index in [4.69, 9.17) is 0 Å². The molecule has 3 aromatic rings. The van der Waals surface area contributed by atoms with Crippen molar-refractivity contribution in [3.63, 3.8) is 0 Å². The first-order valence-electron chi connectivity index (χ1n) is 6.66. The summed E-state index contributed by atoms with van der Waals surface area (Å²) in [6.07, 6.45) is 2.42. The third-order valence-electron chi connectivity index (χ3n) is 3.39. The van der Waals surface area contributed by atoms with E-state index in [1.807, 2.05) is 36.4 Å². The molecule has 0 unspecified atom stereocenters. The minimum absolute atomic E-state index is 0.449. The summed E-state index contributed by atoms with van der Waals surface area (Å²) in [6, 6.07) is 13.2. The Morgan fingerprint density at radius 3 is 2.55 bits per heavy atom. The van der Waals surface area contributed by atoms with E-state index in [0.717, 1.165) is 16.7 Å². The highest BCUT2D eigenvalue weighted by Crippen LogP contribution is 2.32. The molecule has 0 bridgehead atoms. The molecule has 1 aromatic heterocycles. The van der Waals surface area contributed by atoms with Gasteiger partial charge in [0.05, 0.1) is 11.0 Å². The van der Waals surface area contributed by atoms with E-state index in [1.165, 1.54) is 0 Å². The molecular formula is C16H14N2O3S. The molecule has 0 radical (unpaired) electrons. The van der Waals surface area contributed by atoms with Gasteiger partial charge in [0.15, 0.2) is 0 Å². The van der Waals surface area contributed by atoms with Crippen LogP contribution in [0.2, 0.25) is 0 Å². The lowest BCUT2D eigenvalue weighted by Crippen LogP contribution is -1.99. The Morgan fingerprint density at radius 2 is 1.91 bits per heavy atom. The van der Waals surface area contributed by atoms with Crippen molar-refractivity contribution in [3.05, 3.63) is 60.7 Å². The first-order chi connectivity index (χ1) is 10.5. The summed E-state index contributed by atoms with van der Waals surface area (Å²) in [5, 5.41) is -0.449. The van der Waals surface area contributed by atoms with Gasteiger partial charge >= 0.3 is 10.1 Å². The van der Waals surface area contributed by atoms with Crippen molar-refractivity contribution in [2.24, 2.45) is 0 Å². The number of allylic oxidation sites excluding steroid dienone is 1. The predicted octanol–water partition coefficient (Wildman–Crippen LogP) is 3.21. The van der Waals surface area contributed by atoms with Crippen molar-refractivity contribution in [1.82, 2.24) is 9.97 Å². The van der Waals surface area contributed by atoms with Gasteiger partial charge in [-0.3, -0.25) is 4.55 Å². The number of rotatable bonds is 4. The summed E-state index contributed by atoms with van der Waals surface area (Å²) in [5.41, 5.74) is 3.87. The Bertz CT molecular complexity index is 944. The van der Waals surface area contributed by atoms with Crippen LogP contribution in [0, 0.1) is 0 Å². The number of fused-ring (bicyclic) bond motifs is 1. The molecule has 3 rings (SSSR count). The van der Waals surface area contributed by atoms with Crippen LogP contribution in [-0.4, -0.2) is 22.9 Å². The van der Waals surface area contributed by atoms with Crippen molar-refractivity contribution >= 4 is 21.2 Å². The van der Waals surface area contributed by atoms with Crippen molar-refractivity contribution < 1.29 is 13.0 Å². The third-order valence-corrected chi connectivity index (χ3v) is 4.08. The first kappa shape index (κ1) is 14.5. The average molecular weight is 314 g/mol. The third kappa shape index (κ3) is 2.54. The molecule has 2 aromatic carbocycles. The molecule has 0 aliphatic heterocycles. The van der Waals surface area contributed by atoms with Gasteiger partial charge in [0.2, 0.25) is 0 Å². The van der Waals surface area contributed by atoms with Gasteiger partial charge in [-0.1, -0.05) is 42.5 Å². The van der Waals surface area contributed by atoms with Gasteiger partial charge in [-0.15, -0.1) is 6.58 Å². The summed E-state index contributed by atoms with van der Waals surface area (Å²) in [4.78, 5) is 6.67. The highest BCUT2D eigenvalue weighted by atomic mass is 32.2. The Labute approximate surface area is 128 Å². The van der Waals surface area contributed by atoms with E-state index in [1.54, 1.807) is 12.1 Å². The maximum Gasteiger partial charge on any atom is 0.328 e. The maximum atomic E-state index is 11.3. The largest absolute Gasteiger partial charge is 0.328 e. The Hall–Kier alpha value is -2.44. The summed E-state index contributed by atoms with van der Waals surface area (Å²) >= 11 is 0. The van der Waals surface area contributed by atoms with E-state index < -0.39 is 15.3 Å². The predicted molar refractivity (Wildman–Crippen MR) is 85.2 cm³/mol. The molecule has 1 heterocycles. The van der Waals surface area contributed by atoms with Gasteiger partial charge in [0.25, 0.3) is 5.16 Å². The molecule has 0 saturated heterocycles. The van der Waals surface area contributed by atoms with Gasteiger partial charge in [-0.05, 0) is 23.6 Å². The monoisotopic (exact) mass is 314 g/mol. The fourth-order valence-electron chi connectivity index (χ4n) is 2.48. The number of benzene rings is 2. The van der Waals surface area contributed by atoms with Crippen LogP contribution in [0.15, 0.2) is 60.3 Å². The standard InChI is InChI=1S/C16H14N2O3S/c1-2-6-11-9-10-13-15(18-16(17-13)22(19,20)21)14(11)12-7-4-3-5-8-12/h2-5,7-10H,1,6H2,(H,17,18)(H,19,20,21). The van der Waals surface area contributed by atoms with Gasteiger partial charge < -0.3 is 4.98 Å². The van der Waals surface area contributed by atoms with E-state index in [-0.39, 0.29) is 0 Å². The molecule has 2 N–H and O–H groups in total. The fourth-order valence-corrected chi connectivity index (χ4v) is 2.93. The molecule has 0 saturated carbocycles. The number of hydrogen-bond acceptors (Lipinski definition) is 3. The van der Waals surface area contributed by atoms with Crippen LogP contribution < -0.4 is 0 Å². The number of imidazole rings is 1. The Balaban J connectivity index is 2.36. The first-order valence-corrected chi connectivity index (χ1v) is 8.10. The minimum Gasteiger partial charge on any atom is -0.326 e. The molecule has 112 valence electrons. The van der Waals surface area contributed by atoms with Gasteiger partial charge in [0.1, 0.15) is 0 Å². The molecule has 0 fully saturated rings. The van der Waals surface area contributed by atoms with Crippen LogP contribution in [0.4, 0.5) is 0 Å². The van der Waals surface area contributed by atoms with Crippen LogP contribution in [0.5, 0.6) is 0 Å². The van der Waals surface area contributed by atoms with E-state index in [9.17, 15) is 13.0 Å². The summed E-state index contributed by atoms with van der Waals surface area (Å²) in [5.74, 6) is 0. The van der Waals surface area contributed by atoms with Crippen LogP contribution >= 0.6 is 0 Å². The second-order valence-corrected chi connectivity index (χ2v) is 6.21. The lowest BCUT2D eigenvalue weighted by molar-refractivity contribution is 0.476. The lowest BCUT2D eigenvalue weighted by atomic mass is 9.96. The number of H-pyrrole nitrogens is 1. The normalized spacial score (nSPS) is 11.7. The van der Waals surface area contributed by atoms with Gasteiger partial charge in [-0.2, -0.15) is 8.42 Å². The van der Waals surface area contributed by atoms with Crippen molar-refractivity contribution in [2.75, 3.05) is 0 Å². The smallest absolute Gasteiger partial charge is 0.326 e. The van der Waals surface area contributed by atoms with Crippen molar-refractivity contribution in [2.45, 2.75) is 11.6 Å². The molecule has 5 nitrogen and oxygen atoms in total. The second-order valence-electron chi connectivity index (χ2n) is 4.87. The minimum atomic E-state index is -4.38. The second kappa shape index (κ2) is 5.40. The summed E-state index contributed by atoms with van der Waals surface area (Å²) < 4.78 is 31.8. The van der Waals surface area contributed by atoms with Crippen LogP contribution in [0.25, 0.3) is 22.2 Å².